The van der Waals surface area contributed by atoms with Gasteiger partial charge in [-0.15, -0.1) is 0 Å². The van der Waals surface area contributed by atoms with E-state index in [0.29, 0.717) is 5.88 Å². The molecule has 4 nitrogen and oxygen atoms in total. The number of para-hydroxylation sites is 1. The van der Waals surface area contributed by atoms with E-state index in [2.05, 4.69) is 4.98 Å². The summed E-state index contributed by atoms with van der Waals surface area (Å²) in [6.45, 7) is 2.00. The van der Waals surface area contributed by atoms with Crippen LogP contribution < -0.4 is 10.5 Å². The third-order valence-corrected chi connectivity index (χ3v) is 2.33. The van der Waals surface area contributed by atoms with E-state index in [-0.39, 0.29) is 0 Å². The van der Waals surface area contributed by atoms with Gasteiger partial charge in [0.15, 0.2) is 0 Å². The molecule has 2 rings (SSSR count). The second-order valence-electron chi connectivity index (χ2n) is 3.25. The number of aryl methyl sites for hydroxylation is 1. The smallest absolute Gasteiger partial charge is 0.393 e. The molecule has 78 valence electrons. The Hall–Kier alpha value is -1.97. The highest BCUT2D eigenvalue weighted by Crippen LogP contribution is 2.28. The summed E-state index contributed by atoms with van der Waals surface area (Å²) >= 11 is 0. The molecule has 0 radical (unpaired) electrons. The molecule has 0 aliphatic rings. The summed E-state index contributed by atoms with van der Waals surface area (Å²) in [5.41, 5.74) is 6.91. The molecule has 0 atom stereocenters. The number of nitrogens with one attached hydrogen (secondary N) is 1. The number of hydrogen-bond donors (Lipinski definition) is 2. The van der Waals surface area contributed by atoms with Crippen LogP contribution >= 0.6 is 0 Å². The minimum Gasteiger partial charge on any atom is -0.393 e. The van der Waals surface area contributed by atoms with Gasteiger partial charge in [-0.3, -0.25) is 0 Å². The molecule has 4 heteroatoms. The standard InChI is InChI=1S/C11H12N2O2/c1-2-7-8-5-3-4-6-9(8)13-10(7)15-11(12)14/h3-6,13H,2H2,1H3,(H2,12,14). The van der Waals surface area contributed by atoms with Crippen LogP contribution in [0.15, 0.2) is 24.3 Å². The van der Waals surface area contributed by atoms with Crippen LogP contribution in [0.25, 0.3) is 10.9 Å². The fourth-order valence-corrected chi connectivity index (χ4v) is 1.71. The highest BCUT2D eigenvalue weighted by Gasteiger charge is 2.12. The van der Waals surface area contributed by atoms with Crippen LogP contribution in [-0.4, -0.2) is 11.1 Å². The number of nitrogens with two attached hydrogens (primary N) is 1. The zero-order chi connectivity index (χ0) is 10.8. The molecule has 3 N–H and O–H groups in total. The number of aromatic amines is 1. The highest BCUT2D eigenvalue weighted by molar-refractivity contribution is 5.86. The predicted molar refractivity (Wildman–Crippen MR) is 57.9 cm³/mol. The number of aromatic nitrogens is 1. The van der Waals surface area contributed by atoms with Gasteiger partial charge in [0.2, 0.25) is 5.88 Å². The summed E-state index contributed by atoms with van der Waals surface area (Å²) in [5, 5.41) is 1.07. The van der Waals surface area contributed by atoms with E-state index < -0.39 is 6.09 Å². The fraction of sp³-hybridized carbons (Fsp3) is 0.182. The molecule has 1 amide bonds. The second kappa shape index (κ2) is 3.65. The van der Waals surface area contributed by atoms with Crippen molar-refractivity contribution in [3.63, 3.8) is 0 Å². The SMILES string of the molecule is CCc1c(OC(N)=O)[nH]c2ccccc12. The third-order valence-electron chi connectivity index (χ3n) is 2.33. The maximum absolute atomic E-state index is 10.7. The Bertz CT molecular complexity index is 502. The van der Waals surface area contributed by atoms with Crippen molar-refractivity contribution in [1.29, 1.82) is 0 Å². The Morgan fingerprint density at radius 2 is 2.20 bits per heavy atom. The van der Waals surface area contributed by atoms with Gasteiger partial charge < -0.3 is 15.5 Å². The van der Waals surface area contributed by atoms with Crippen molar-refractivity contribution in [2.75, 3.05) is 0 Å². The van der Waals surface area contributed by atoms with Gasteiger partial charge in [0, 0.05) is 16.5 Å². The molecular formula is C11H12N2O2. The van der Waals surface area contributed by atoms with Crippen molar-refractivity contribution in [1.82, 2.24) is 4.98 Å². The fourth-order valence-electron chi connectivity index (χ4n) is 1.71. The van der Waals surface area contributed by atoms with Gasteiger partial charge in [0.1, 0.15) is 0 Å². The number of rotatable bonds is 2. The molecule has 0 saturated heterocycles. The molecule has 1 aromatic carbocycles. The number of fused-ring (bicyclic) bond motifs is 1. The van der Waals surface area contributed by atoms with Gasteiger partial charge in [0.25, 0.3) is 0 Å². The summed E-state index contributed by atoms with van der Waals surface area (Å²) in [6.07, 6.45) is -0.0108. The van der Waals surface area contributed by atoms with Crippen LogP contribution in [0.2, 0.25) is 0 Å². The number of primary amides is 1. The number of ether oxygens (including phenoxy) is 1. The number of benzene rings is 1. The van der Waals surface area contributed by atoms with E-state index in [1.165, 1.54) is 0 Å². The number of carbonyl (C=O) groups is 1. The summed E-state index contributed by atoms with van der Waals surface area (Å²) in [5.74, 6) is 0.450. The third kappa shape index (κ3) is 1.66. The quantitative estimate of drug-likeness (QED) is 0.787. The lowest BCUT2D eigenvalue weighted by atomic mass is 10.1. The number of H-pyrrole nitrogens is 1. The van der Waals surface area contributed by atoms with Crippen LogP contribution in [0, 0.1) is 0 Å². The van der Waals surface area contributed by atoms with Gasteiger partial charge >= 0.3 is 6.09 Å². The van der Waals surface area contributed by atoms with E-state index in [1.54, 1.807) is 0 Å². The largest absolute Gasteiger partial charge is 0.411 e. The first kappa shape index (κ1) is 9.58. The van der Waals surface area contributed by atoms with E-state index in [0.717, 1.165) is 22.9 Å². The van der Waals surface area contributed by atoms with Gasteiger partial charge in [0.05, 0.1) is 0 Å². The molecule has 15 heavy (non-hydrogen) atoms. The lowest BCUT2D eigenvalue weighted by Crippen LogP contribution is -2.17. The lowest BCUT2D eigenvalue weighted by molar-refractivity contribution is 0.209. The monoisotopic (exact) mass is 204 g/mol. The van der Waals surface area contributed by atoms with E-state index >= 15 is 0 Å². The molecule has 0 bridgehead atoms. The second-order valence-corrected chi connectivity index (χ2v) is 3.25. The van der Waals surface area contributed by atoms with Crippen molar-refractivity contribution in [2.45, 2.75) is 13.3 Å². The maximum Gasteiger partial charge on any atom is 0.411 e. The van der Waals surface area contributed by atoms with Crippen LogP contribution in [0.5, 0.6) is 5.88 Å². The number of amides is 1. The molecular weight excluding hydrogens is 192 g/mol. The molecule has 0 spiro atoms. The molecule has 1 aromatic heterocycles. The Balaban J connectivity index is 2.58. The minimum absolute atomic E-state index is 0.450. The average molecular weight is 204 g/mol. The van der Waals surface area contributed by atoms with Crippen molar-refractivity contribution in [3.8, 4) is 5.88 Å². The van der Waals surface area contributed by atoms with Gasteiger partial charge in [-0.2, -0.15) is 0 Å². The van der Waals surface area contributed by atoms with E-state index in [9.17, 15) is 4.79 Å². The zero-order valence-electron chi connectivity index (χ0n) is 8.41. The average Bonchev–Trinajstić information content (AvgIpc) is 2.53. The Kier molecular flexibility index (Phi) is 2.33. The topological polar surface area (TPSA) is 68.1 Å². The van der Waals surface area contributed by atoms with Crippen LogP contribution in [0.1, 0.15) is 12.5 Å². The molecule has 0 aliphatic carbocycles. The van der Waals surface area contributed by atoms with Crippen molar-refractivity contribution in [2.24, 2.45) is 5.73 Å². The van der Waals surface area contributed by atoms with Crippen molar-refractivity contribution in [3.05, 3.63) is 29.8 Å². The first-order chi connectivity index (χ1) is 7.22. The van der Waals surface area contributed by atoms with Crippen molar-refractivity contribution < 1.29 is 9.53 Å². The first-order valence-corrected chi connectivity index (χ1v) is 4.79. The molecule has 0 aliphatic heterocycles. The predicted octanol–water partition coefficient (Wildman–Crippen LogP) is 2.19. The van der Waals surface area contributed by atoms with Crippen LogP contribution in [0.3, 0.4) is 0 Å². The summed E-state index contributed by atoms with van der Waals surface area (Å²) in [6, 6.07) is 7.79. The van der Waals surface area contributed by atoms with Crippen LogP contribution in [0.4, 0.5) is 4.79 Å². The number of hydrogen-bond acceptors (Lipinski definition) is 2. The van der Waals surface area contributed by atoms with Gasteiger partial charge in [-0.25, -0.2) is 4.79 Å². The van der Waals surface area contributed by atoms with Gasteiger partial charge in [-0.05, 0) is 12.5 Å². The summed E-state index contributed by atoms with van der Waals surface area (Å²) in [4.78, 5) is 13.7. The molecule has 2 aromatic rings. The Labute approximate surface area is 87.0 Å². The summed E-state index contributed by atoms with van der Waals surface area (Å²) in [7, 11) is 0. The summed E-state index contributed by atoms with van der Waals surface area (Å²) < 4.78 is 4.90. The molecule has 0 unspecified atom stereocenters. The van der Waals surface area contributed by atoms with Crippen LogP contribution in [-0.2, 0) is 6.42 Å². The van der Waals surface area contributed by atoms with E-state index in [1.807, 2.05) is 31.2 Å². The molecule has 0 saturated carbocycles. The number of carbonyl (C=O) groups excluding carboxylic acids is 1. The maximum atomic E-state index is 10.7. The van der Waals surface area contributed by atoms with E-state index in [4.69, 9.17) is 10.5 Å². The first-order valence-electron chi connectivity index (χ1n) is 4.79. The van der Waals surface area contributed by atoms with Gasteiger partial charge in [-0.1, -0.05) is 25.1 Å². The highest BCUT2D eigenvalue weighted by atomic mass is 16.6. The molecule has 0 fully saturated rings. The lowest BCUT2D eigenvalue weighted by Gasteiger charge is -1.99. The minimum atomic E-state index is -0.795. The zero-order valence-corrected chi connectivity index (χ0v) is 8.41. The Morgan fingerprint density at radius 1 is 1.47 bits per heavy atom. The normalized spacial score (nSPS) is 10.5. The Morgan fingerprint density at radius 3 is 2.87 bits per heavy atom. The van der Waals surface area contributed by atoms with Crippen molar-refractivity contribution >= 4 is 17.0 Å². The molecule has 1 heterocycles.